The predicted molar refractivity (Wildman–Crippen MR) is 42.3 cm³/mol. The Bertz CT molecular complexity index is 149. The van der Waals surface area contributed by atoms with Gasteiger partial charge in [0, 0.05) is 14.0 Å². The Hall–Kier alpha value is -0.830. The zero-order valence-electron chi connectivity index (χ0n) is 7.22. The third-order valence-electron chi connectivity index (χ3n) is 1.10. The Labute approximate surface area is 67.0 Å². The predicted octanol–water partition coefficient (Wildman–Crippen LogP) is 1.14. The van der Waals surface area contributed by atoms with Crippen LogP contribution in [0.25, 0.3) is 0 Å². The van der Waals surface area contributed by atoms with Gasteiger partial charge in [-0.2, -0.15) is 0 Å². The van der Waals surface area contributed by atoms with Gasteiger partial charge in [0.2, 0.25) is 0 Å². The average Bonchev–Trinajstić information content (AvgIpc) is 1.97. The maximum Gasteiger partial charge on any atom is 0.302 e. The first-order valence-corrected chi connectivity index (χ1v) is 3.44. The summed E-state index contributed by atoms with van der Waals surface area (Å²) in [5, 5.41) is 0. The number of carbonyl (C=O) groups is 1. The number of rotatable bonds is 4. The molecule has 11 heavy (non-hydrogen) atoms. The third-order valence-corrected chi connectivity index (χ3v) is 1.10. The number of esters is 1. The Morgan fingerprint density at radius 1 is 1.45 bits per heavy atom. The second-order valence-electron chi connectivity index (χ2n) is 2.29. The van der Waals surface area contributed by atoms with Crippen LogP contribution in [0, 0.1) is 0 Å². The first kappa shape index (κ1) is 10.2. The van der Waals surface area contributed by atoms with E-state index in [1.807, 2.05) is 13.0 Å². The molecular weight excluding hydrogens is 144 g/mol. The smallest absolute Gasteiger partial charge is 0.302 e. The van der Waals surface area contributed by atoms with Crippen molar-refractivity contribution in [2.45, 2.75) is 13.8 Å². The van der Waals surface area contributed by atoms with Crippen LogP contribution in [0.2, 0.25) is 0 Å². The second-order valence-corrected chi connectivity index (χ2v) is 2.29. The summed E-state index contributed by atoms with van der Waals surface area (Å²) in [7, 11) is 1.62. The van der Waals surface area contributed by atoms with Gasteiger partial charge in [-0.25, -0.2) is 0 Å². The van der Waals surface area contributed by atoms with Crippen molar-refractivity contribution in [3.8, 4) is 0 Å². The van der Waals surface area contributed by atoms with Crippen molar-refractivity contribution in [2.75, 3.05) is 20.3 Å². The molecule has 3 nitrogen and oxygen atoms in total. The average molecular weight is 158 g/mol. The number of methoxy groups -OCH3 is 1. The van der Waals surface area contributed by atoms with Crippen LogP contribution in [-0.2, 0) is 14.3 Å². The summed E-state index contributed by atoms with van der Waals surface area (Å²) in [6.45, 7) is 4.21. The number of hydrogen-bond acceptors (Lipinski definition) is 3. The fraction of sp³-hybridized carbons (Fsp3) is 0.625. The Balaban J connectivity index is 3.50. The van der Waals surface area contributed by atoms with E-state index >= 15 is 0 Å². The third kappa shape index (κ3) is 7.06. The van der Waals surface area contributed by atoms with Gasteiger partial charge in [-0.15, -0.1) is 0 Å². The van der Waals surface area contributed by atoms with Crippen molar-refractivity contribution in [3.05, 3.63) is 11.6 Å². The van der Waals surface area contributed by atoms with E-state index in [0.717, 1.165) is 5.57 Å². The standard InChI is InChI=1S/C8H14O3/c1-7(4-5-10-3)6-11-8(2)9/h4H,5-6H2,1-3H3. The molecule has 3 heteroatoms. The Morgan fingerprint density at radius 3 is 2.55 bits per heavy atom. The molecule has 0 bridgehead atoms. The monoisotopic (exact) mass is 158 g/mol. The molecule has 0 saturated heterocycles. The van der Waals surface area contributed by atoms with Crippen molar-refractivity contribution in [3.63, 3.8) is 0 Å². The Morgan fingerprint density at radius 2 is 2.09 bits per heavy atom. The zero-order valence-corrected chi connectivity index (χ0v) is 7.22. The van der Waals surface area contributed by atoms with Gasteiger partial charge in [0.15, 0.2) is 0 Å². The molecule has 0 N–H and O–H groups in total. The minimum atomic E-state index is -0.254. The molecule has 0 atom stereocenters. The van der Waals surface area contributed by atoms with E-state index in [-0.39, 0.29) is 5.97 Å². The molecule has 0 aromatic heterocycles. The van der Waals surface area contributed by atoms with Gasteiger partial charge in [-0.3, -0.25) is 4.79 Å². The van der Waals surface area contributed by atoms with Crippen molar-refractivity contribution in [1.82, 2.24) is 0 Å². The van der Waals surface area contributed by atoms with E-state index in [1.54, 1.807) is 7.11 Å². The number of ether oxygens (including phenoxy) is 2. The first-order chi connectivity index (χ1) is 5.16. The molecule has 0 saturated carbocycles. The van der Waals surface area contributed by atoms with E-state index in [0.29, 0.717) is 13.2 Å². The fourth-order valence-corrected chi connectivity index (χ4v) is 0.500. The molecular formula is C8H14O3. The minimum Gasteiger partial charge on any atom is -0.461 e. The SMILES string of the molecule is COCC=C(C)COC(C)=O. The lowest BCUT2D eigenvalue weighted by molar-refractivity contribution is -0.139. The highest BCUT2D eigenvalue weighted by Crippen LogP contribution is 1.93. The molecule has 0 fully saturated rings. The van der Waals surface area contributed by atoms with Crippen molar-refractivity contribution in [2.24, 2.45) is 0 Å². The van der Waals surface area contributed by atoms with Gasteiger partial charge in [0.25, 0.3) is 0 Å². The molecule has 0 aliphatic carbocycles. The summed E-state index contributed by atoms with van der Waals surface area (Å²) in [5.74, 6) is -0.254. The highest BCUT2D eigenvalue weighted by Gasteiger charge is 1.92. The zero-order chi connectivity index (χ0) is 8.69. The maximum absolute atomic E-state index is 10.3. The van der Waals surface area contributed by atoms with Crippen LogP contribution < -0.4 is 0 Å². The normalized spacial score (nSPS) is 11.4. The summed E-state index contributed by atoms with van der Waals surface area (Å²) < 4.78 is 9.54. The maximum atomic E-state index is 10.3. The summed E-state index contributed by atoms with van der Waals surface area (Å²) >= 11 is 0. The molecule has 0 radical (unpaired) electrons. The second kappa shape index (κ2) is 5.92. The highest BCUT2D eigenvalue weighted by molar-refractivity contribution is 5.66. The van der Waals surface area contributed by atoms with E-state index in [9.17, 15) is 4.79 Å². The van der Waals surface area contributed by atoms with Gasteiger partial charge in [-0.1, -0.05) is 6.08 Å². The fourth-order valence-electron chi connectivity index (χ4n) is 0.500. The lowest BCUT2D eigenvalue weighted by atomic mass is 10.3. The topological polar surface area (TPSA) is 35.5 Å². The summed E-state index contributed by atoms with van der Waals surface area (Å²) in [5.41, 5.74) is 1.00. The largest absolute Gasteiger partial charge is 0.461 e. The van der Waals surface area contributed by atoms with Crippen LogP contribution in [0.1, 0.15) is 13.8 Å². The Kier molecular flexibility index (Phi) is 5.47. The van der Waals surface area contributed by atoms with Crippen molar-refractivity contribution >= 4 is 5.97 Å². The molecule has 0 aliphatic heterocycles. The number of hydrogen-bond donors (Lipinski definition) is 0. The van der Waals surface area contributed by atoms with Crippen molar-refractivity contribution < 1.29 is 14.3 Å². The van der Waals surface area contributed by atoms with Crippen LogP contribution in [-0.4, -0.2) is 26.3 Å². The quantitative estimate of drug-likeness (QED) is 0.454. The van der Waals surface area contributed by atoms with Crippen LogP contribution in [0.5, 0.6) is 0 Å². The molecule has 0 unspecified atom stereocenters. The van der Waals surface area contributed by atoms with E-state index in [2.05, 4.69) is 0 Å². The van der Waals surface area contributed by atoms with Crippen LogP contribution in [0.4, 0.5) is 0 Å². The van der Waals surface area contributed by atoms with Gasteiger partial charge < -0.3 is 9.47 Å². The summed E-state index contributed by atoms with van der Waals surface area (Å²) in [6.07, 6.45) is 1.88. The molecule has 0 rings (SSSR count). The number of carbonyl (C=O) groups excluding carboxylic acids is 1. The summed E-state index contributed by atoms with van der Waals surface area (Å²) in [6, 6.07) is 0. The van der Waals surface area contributed by atoms with Crippen LogP contribution in [0.15, 0.2) is 11.6 Å². The van der Waals surface area contributed by atoms with Crippen LogP contribution in [0.3, 0.4) is 0 Å². The molecule has 0 aromatic carbocycles. The highest BCUT2D eigenvalue weighted by atomic mass is 16.5. The summed E-state index contributed by atoms with van der Waals surface area (Å²) in [4.78, 5) is 10.3. The molecule has 0 aliphatic rings. The lowest BCUT2D eigenvalue weighted by Gasteiger charge is -2.00. The molecule has 0 aromatic rings. The van der Waals surface area contributed by atoms with E-state index < -0.39 is 0 Å². The van der Waals surface area contributed by atoms with E-state index in [1.165, 1.54) is 6.92 Å². The van der Waals surface area contributed by atoms with Gasteiger partial charge in [0.05, 0.1) is 6.61 Å². The molecule has 64 valence electrons. The van der Waals surface area contributed by atoms with Crippen LogP contribution >= 0.6 is 0 Å². The van der Waals surface area contributed by atoms with Gasteiger partial charge in [-0.05, 0) is 12.5 Å². The van der Waals surface area contributed by atoms with E-state index in [4.69, 9.17) is 9.47 Å². The molecule has 0 heterocycles. The van der Waals surface area contributed by atoms with Gasteiger partial charge >= 0.3 is 5.97 Å². The molecule has 0 amide bonds. The van der Waals surface area contributed by atoms with Gasteiger partial charge in [0.1, 0.15) is 6.61 Å². The first-order valence-electron chi connectivity index (χ1n) is 3.44. The molecule has 0 spiro atoms. The minimum absolute atomic E-state index is 0.254. The lowest BCUT2D eigenvalue weighted by Crippen LogP contribution is -2.01. The van der Waals surface area contributed by atoms with Crippen molar-refractivity contribution in [1.29, 1.82) is 0 Å².